The van der Waals surface area contributed by atoms with Crippen molar-refractivity contribution >= 4 is 10.9 Å². The predicted octanol–water partition coefficient (Wildman–Crippen LogP) is 2.64. The number of aromatic nitrogens is 1. The van der Waals surface area contributed by atoms with Crippen LogP contribution in [0.4, 0.5) is 0 Å². The van der Waals surface area contributed by atoms with Gasteiger partial charge in [-0.05, 0) is 43.4 Å². The lowest BCUT2D eigenvalue weighted by atomic mass is 9.72. The summed E-state index contributed by atoms with van der Waals surface area (Å²) >= 11 is 0. The highest BCUT2D eigenvalue weighted by Gasteiger charge is 2.42. The molecule has 0 saturated carbocycles. The number of rotatable bonds is 4. The Labute approximate surface area is 148 Å². The second-order valence-electron chi connectivity index (χ2n) is 7.44. The van der Waals surface area contributed by atoms with Gasteiger partial charge in [0, 0.05) is 30.3 Å². The summed E-state index contributed by atoms with van der Waals surface area (Å²) in [6.07, 6.45) is 4.41. The predicted molar refractivity (Wildman–Crippen MR) is 96.3 cm³/mol. The van der Waals surface area contributed by atoms with E-state index in [-0.39, 0.29) is 6.04 Å². The molecule has 5 nitrogen and oxygen atoms in total. The molecule has 2 bridgehead atoms. The number of benzene rings is 1. The average molecular weight is 342 g/mol. The van der Waals surface area contributed by atoms with Crippen LogP contribution in [-0.4, -0.2) is 36.2 Å². The molecule has 25 heavy (non-hydrogen) atoms. The van der Waals surface area contributed by atoms with Gasteiger partial charge in [-0.3, -0.25) is 4.90 Å². The van der Waals surface area contributed by atoms with Gasteiger partial charge < -0.3 is 15.1 Å². The highest BCUT2D eigenvalue weighted by atomic mass is 16.5. The number of nitrogens with zero attached hydrogens (tertiary/aromatic N) is 2. The summed E-state index contributed by atoms with van der Waals surface area (Å²) in [4.78, 5) is 2.45. The van der Waals surface area contributed by atoms with Crippen molar-refractivity contribution in [2.24, 2.45) is 11.8 Å². The SMILES string of the molecule is CC[C@@H]1CN2CC[C@@H]1C[C@@H]2[C@H](O)c1cc[n+]([O-])c2ccc(OC)cc12. The first kappa shape index (κ1) is 16.6. The van der Waals surface area contributed by atoms with E-state index in [4.69, 9.17) is 4.74 Å². The molecule has 0 aliphatic carbocycles. The van der Waals surface area contributed by atoms with Gasteiger partial charge in [-0.2, -0.15) is 4.73 Å². The van der Waals surface area contributed by atoms with Crippen LogP contribution in [0.25, 0.3) is 10.9 Å². The third kappa shape index (κ3) is 2.75. The fourth-order valence-corrected chi connectivity index (χ4v) is 4.82. The monoisotopic (exact) mass is 342 g/mol. The molecule has 3 aliphatic rings. The summed E-state index contributed by atoms with van der Waals surface area (Å²) in [6.45, 7) is 4.42. The van der Waals surface area contributed by atoms with Crippen LogP contribution in [0.15, 0.2) is 30.5 Å². The maximum absolute atomic E-state index is 12.1. The minimum absolute atomic E-state index is 0.137. The zero-order valence-corrected chi connectivity index (χ0v) is 14.9. The van der Waals surface area contributed by atoms with Gasteiger partial charge in [-0.1, -0.05) is 13.3 Å². The van der Waals surface area contributed by atoms with Crippen LogP contribution in [0.5, 0.6) is 5.75 Å². The third-order valence-electron chi connectivity index (χ3n) is 6.29. The van der Waals surface area contributed by atoms with E-state index < -0.39 is 6.10 Å². The maximum atomic E-state index is 12.1. The molecule has 3 saturated heterocycles. The molecule has 134 valence electrons. The molecule has 1 aromatic heterocycles. The minimum atomic E-state index is -0.587. The minimum Gasteiger partial charge on any atom is -0.618 e. The molecule has 4 heterocycles. The number of ether oxygens (including phenoxy) is 1. The second-order valence-corrected chi connectivity index (χ2v) is 7.44. The number of piperidine rings is 3. The lowest BCUT2D eigenvalue weighted by Crippen LogP contribution is -2.55. The summed E-state index contributed by atoms with van der Waals surface area (Å²) in [7, 11) is 1.61. The average Bonchev–Trinajstić information content (AvgIpc) is 2.67. The Morgan fingerprint density at radius 1 is 1.40 bits per heavy atom. The van der Waals surface area contributed by atoms with Gasteiger partial charge in [0.05, 0.1) is 18.6 Å². The lowest BCUT2D eigenvalue weighted by molar-refractivity contribution is -0.577. The first-order valence-corrected chi connectivity index (χ1v) is 9.24. The van der Waals surface area contributed by atoms with E-state index >= 15 is 0 Å². The van der Waals surface area contributed by atoms with Crippen LogP contribution in [0.3, 0.4) is 0 Å². The van der Waals surface area contributed by atoms with Gasteiger partial charge in [0.15, 0.2) is 6.20 Å². The summed E-state index contributed by atoms with van der Waals surface area (Å²) in [6, 6.07) is 7.30. The Balaban J connectivity index is 1.71. The number of aliphatic hydroxyl groups is 1. The fourth-order valence-electron chi connectivity index (χ4n) is 4.82. The van der Waals surface area contributed by atoms with Crippen LogP contribution >= 0.6 is 0 Å². The molecule has 5 rings (SSSR count). The van der Waals surface area contributed by atoms with E-state index in [0.29, 0.717) is 17.2 Å². The Hall–Kier alpha value is -1.85. The maximum Gasteiger partial charge on any atom is 0.224 e. The summed E-state index contributed by atoms with van der Waals surface area (Å²) in [5, 5.41) is 24.1. The quantitative estimate of drug-likeness (QED) is 0.685. The van der Waals surface area contributed by atoms with Crippen LogP contribution in [0, 0.1) is 17.0 Å². The standard InChI is InChI=1S/C20H26N2O3/c1-3-13-12-21-8-6-14(13)10-19(21)20(23)16-7-9-22(24)18-5-4-15(25-2)11-17(16)18/h4-5,7,9,11,13-14,19-20,23H,3,6,8,10,12H2,1-2H3/t13-,14-,19-,20-/m1/s1. The summed E-state index contributed by atoms with van der Waals surface area (Å²) < 4.78 is 6.17. The van der Waals surface area contributed by atoms with Gasteiger partial charge >= 0.3 is 0 Å². The number of aliphatic hydroxyl groups excluding tert-OH is 1. The Morgan fingerprint density at radius 2 is 2.24 bits per heavy atom. The van der Waals surface area contributed by atoms with Crippen molar-refractivity contribution < 1.29 is 14.6 Å². The first-order chi connectivity index (χ1) is 12.1. The zero-order chi connectivity index (χ0) is 17.6. The van der Waals surface area contributed by atoms with Crippen molar-refractivity contribution in [2.45, 2.75) is 38.3 Å². The number of hydrogen-bond acceptors (Lipinski definition) is 4. The molecule has 5 atom stereocenters. The number of pyridine rings is 1. The van der Waals surface area contributed by atoms with E-state index in [1.54, 1.807) is 25.3 Å². The lowest BCUT2D eigenvalue weighted by Gasteiger charge is -2.51. The summed E-state index contributed by atoms with van der Waals surface area (Å²) in [5.41, 5.74) is 1.39. The highest BCUT2D eigenvalue weighted by Crippen LogP contribution is 2.42. The van der Waals surface area contributed by atoms with E-state index in [1.165, 1.54) is 19.0 Å². The van der Waals surface area contributed by atoms with Crippen molar-refractivity contribution in [2.75, 3.05) is 20.2 Å². The summed E-state index contributed by atoms with van der Waals surface area (Å²) in [5.74, 6) is 2.17. The fraction of sp³-hybridized carbons (Fsp3) is 0.550. The molecule has 3 fully saturated rings. The molecule has 3 aliphatic heterocycles. The van der Waals surface area contributed by atoms with Crippen LogP contribution in [0.1, 0.15) is 37.9 Å². The molecule has 0 spiro atoms. The molecule has 2 aromatic rings. The van der Waals surface area contributed by atoms with Crippen LogP contribution in [-0.2, 0) is 0 Å². The third-order valence-corrected chi connectivity index (χ3v) is 6.29. The smallest absolute Gasteiger partial charge is 0.224 e. The van der Waals surface area contributed by atoms with Crippen LogP contribution in [0.2, 0.25) is 0 Å². The molecule has 5 heteroatoms. The van der Waals surface area contributed by atoms with Crippen molar-refractivity contribution in [3.8, 4) is 5.75 Å². The second kappa shape index (κ2) is 6.46. The molecular weight excluding hydrogens is 316 g/mol. The van der Waals surface area contributed by atoms with Crippen molar-refractivity contribution in [3.05, 3.63) is 41.2 Å². The normalized spacial score (nSPS) is 29.7. The number of methoxy groups -OCH3 is 1. The van der Waals surface area contributed by atoms with E-state index in [2.05, 4.69) is 11.8 Å². The Bertz CT molecular complexity index is 779. The zero-order valence-electron chi connectivity index (χ0n) is 14.9. The largest absolute Gasteiger partial charge is 0.618 e. The van der Waals surface area contributed by atoms with E-state index in [1.807, 2.05) is 6.07 Å². The van der Waals surface area contributed by atoms with Crippen molar-refractivity contribution in [3.63, 3.8) is 0 Å². The Kier molecular flexibility index (Phi) is 4.29. The Morgan fingerprint density at radius 3 is 2.92 bits per heavy atom. The van der Waals surface area contributed by atoms with Gasteiger partial charge in [0.1, 0.15) is 5.75 Å². The van der Waals surface area contributed by atoms with E-state index in [0.717, 1.165) is 41.1 Å². The molecule has 1 unspecified atom stereocenters. The molecule has 1 aromatic carbocycles. The molecular formula is C20H26N2O3. The molecule has 0 radical (unpaired) electrons. The van der Waals surface area contributed by atoms with Crippen molar-refractivity contribution in [1.29, 1.82) is 0 Å². The van der Waals surface area contributed by atoms with Gasteiger partial charge in [-0.25, -0.2) is 0 Å². The van der Waals surface area contributed by atoms with Gasteiger partial charge in [0.25, 0.3) is 0 Å². The van der Waals surface area contributed by atoms with Gasteiger partial charge in [0.2, 0.25) is 5.52 Å². The first-order valence-electron chi connectivity index (χ1n) is 9.24. The number of fused-ring (bicyclic) bond motifs is 4. The van der Waals surface area contributed by atoms with Gasteiger partial charge in [-0.15, -0.1) is 0 Å². The topological polar surface area (TPSA) is 59.6 Å². The molecule has 1 N–H and O–H groups in total. The molecule has 0 amide bonds. The van der Waals surface area contributed by atoms with Crippen molar-refractivity contribution in [1.82, 2.24) is 4.90 Å². The highest BCUT2D eigenvalue weighted by molar-refractivity contribution is 5.81. The number of hydrogen-bond donors (Lipinski definition) is 1. The van der Waals surface area contributed by atoms with E-state index in [9.17, 15) is 10.3 Å². The van der Waals surface area contributed by atoms with Crippen LogP contribution < -0.4 is 9.47 Å².